The molecule has 1 fully saturated rings. The van der Waals surface area contributed by atoms with E-state index >= 15 is 0 Å². The van der Waals surface area contributed by atoms with Crippen molar-refractivity contribution in [1.29, 1.82) is 0 Å². The van der Waals surface area contributed by atoms with Gasteiger partial charge in [0.25, 0.3) is 0 Å². The van der Waals surface area contributed by atoms with Crippen LogP contribution in [0.2, 0.25) is 0 Å². The lowest BCUT2D eigenvalue weighted by Crippen LogP contribution is -2.45. The van der Waals surface area contributed by atoms with Crippen LogP contribution in [0.15, 0.2) is 0 Å². The molecule has 0 aromatic heterocycles. The van der Waals surface area contributed by atoms with Crippen LogP contribution in [-0.4, -0.2) is 40.0 Å². The molecule has 0 aromatic rings. The molecule has 0 radical (unpaired) electrons. The monoisotopic (exact) mass is 287 g/mol. The molecule has 0 heterocycles. The zero-order valence-corrected chi connectivity index (χ0v) is 12.4. The third-order valence-electron chi connectivity index (χ3n) is 3.41. The van der Waals surface area contributed by atoms with E-state index in [-0.39, 0.29) is 12.3 Å². The van der Waals surface area contributed by atoms with Gasteiger partial charge in [-0.3, -0.25) is 0 Å². The second-order valence-corrected chi connectivity index (χ2v) is 6.38. The summed E-state index contributed by atoms with van der Waals surface area (Å²) in [5, 5.41) is 21.5. The number of ether oxygens (including phenoxy) is 1. The predicted molar refractivity (Wildman–Crippen MR) is 73.4 cm³/mol. The fourth-order valence-corrected chi connectivity index (χ4v) is 2.45. The molecule has 6 heteroatoms. The number of aliphatic carboxylic acids is 1. The molecule has 0 saturated heterocycles. The Balaban J connectivity index is 2.51. The molecular weight excluding hydrogens is 262 g/mol. The Morgan fingerprint density at radius 3 is 2.30 bits per heavy atom. The van der Waals surface area contributed by atoms with Gasteiger partial charge in [0.1, 0.15) is 11.6 Å². The average molecular weight is 287 g/mol. The SMILES string of the molecule is CC(C)(C)OC(=O)N[C@H](CC(O)C1CCCC1)C(=O)O. The van der Waals surface area contributed by atoms with Gasteiger partial charge in [-0.2, -0.15) is 0 Å². The number of alkyl carbamates (subject to hydrolysis) is 1. The van der Waals surface area contributed by atoms with Crippen LogP contribution in [0, 0.1) is 5.92 Å². The maximum absolute atomic E-state index is 11.6. The van der Waals surface area contributed by atoms with Crippen LogP contribution in [0.5, 0.6) is 0 Å². The lowest BCUT2D eigenvalue weighted by molar-refractivity contribution is -0.140. The van der Waals surface area contributed by atoms with E-state index in [1.807, 2.05) is 0 Å². The second kappa shape index (κ2) is 6.92. The van der Waals surface area contributed by atoms with Crippen molar-refractivity contribution in [2.24, 2.45) is 5.92 Å². The standard InChI is InChI=1S/C14H25NO5/c1-14(2,3)20-13(19)15-10(12(17)18)8-11(16)9-6-4-5-7-9/h9-11,16H,4-8H2,1-3H3,(H,15,19)(H,17,18)/t10-,11?/m1/s1. The molecule has 1 aliphatic rings. The van der Waals surface area contributed by atoms with Gasteiger partial charge in [-0.25, -0.2) is 9.59 Å². The van der Waals surface area contributed by atoms with Crippen molar-refractivity contribution in [3.05, 3.63) is 0 Å². The summed E-state index contributed by atoms with van der Waals surface area (Å²) in [4.78, 5) is 22.8. The number of aliphatic hydroxyl groups excluding tert-OH is 1. The summed E-state index contributed by atoms with van der Waals surface area (Å²) in [5.74, 6) is -1.02. The molecule has 0 aromatic carbocycles. The van der Waals surface area contributed by atoms with Gasteiger partial charge in [-0.15, -0.1) is 0 Å². The highest BCUT2D eigenvalue weighted by Crippen LogP contribution is 2.29. The number of rotatable bonds is 5. The Kier molecular flexibility index (Phi) is 5.80. The maximum Gasteiger partial charge on any atom is 0.408 e. The molecular formula is C14H25NO5. The van der Waals surface area contributed by atoms with Crippen molar-refractivity contribution in [3.8, 4) is 0 Å². The van der Waals surface area contributed by atoms with Gasteiger partial charge in [0.05, 0.1) is 6.10 Å². The highest BCUT2D eigenvalue weighted by molar-refractivity contribution is 5.80. The smallest absolute Gasteiger partial charge is 0.408 e. The Morgan fingerprint density at radius 2 is 1.85 bits per heavy atom. The highest BCUT2D eigenvalue weighted by atomic mass is 16.6. The molecule has 1 rings (SSSR count). The first-order valence-electron chi connectivity index (χ1n) is 7.09. The van der Waals surface area contributed by atoms with Crippen molar-refractivity contribution in [2.45, 2.75) is 70.6 Å². The quantitative estimate of drug-likeness (QED) is 0.717. The van der Waals surface area contributed by atoms with E-state index < -0.39 is 29.8 Å². The number of amides is 1. The summed E-state index contributed by atoms with van der Waals surface area (Å²) in [7, 11) is 0. The molecule has 3 N–H and O–H groups in total. The van der Waals surface area contributed by atoms with Gasteiger partial charge in [0.2, 0.25) is 0 Å². The lowest BCUT2D eigenvalue weighted by Gasteiger charge is -2.24. The largest absolute Gasteiger partial charge is 0.480 e. The van der Waals surface area contributed by atoms with Crippen LogP contribution in [0.25, 0.3) is 0 Å². The summed E-state index contributed by atoms with van der Waals surface area (Å²) < 4.78 is 5.03. The van der Waals surface area contributed by atoms with E-state index in [4.69, 9.17) is 9.84 Å². The van der Waals surface area contributed by atoms with Crippen molar-refractivity contribution < 1.29 is 24.5 Å². The van der Waals surface area contributed by atoms with Gasteiger partial charge in [0.15, 0.2) is 0 Å². The van der Waals surface area contributed by atoms with Crippen LogP contribution < -0.4 is 5.32 Å². The molecule has 2 atom stereocenters. The minimum absolute atomic E-state index is 0.0131. The third-order valence-corrected chi connectivity index (χ3v) is 3.41. The summed E-state index contributed by atoms with van der Waals surface area (Å²) in [6.45, 7) is 5.11. The number of aliphatic hydroxyl groups is 1. The molecule has 1 amide bonds. The zero-order valence-electron chi connectivity index (χ0n) is 12.4. The van der Waals surface area contributed by atoms with Gasteiger partial charge in [0, 0.05) is 6.42 Å². The van der Waals surface area contributed by atoms with Gasteiger partial charge in [-0.1, -0.05) is 12.8 Å². The first-order valence-corrected chi connectivity index (χ1v) is 7.09. The summed E-state index contributed by atoms with van der Waals surface area (Å²) >= 11 is 0. The number of hydrogen-bond acceptors (Lipinski definition) is 4. The molecule has 1 saturated carbocycles. The summed E-state index contributed by atoms with van der Waals surface area (Å²) in [6.07, 6.45) is 2.51. The lowest BCUT2D eigenvalue weighted by atomic mass is 9.95. The normalized spacial score (nSPS) is 19.4. The minimum Gasteiger partial charge on any atom is -0.480 e. The molecule has 0 bridgehead atoms. The van der Waals surface area contributed by atoms with Crippen LogP contribution >= 0.6 is 0 Å². The fourth-order valence-electron chi connectivity index (χ4n) is 2.45. The Hall–Kier alpha value is -1.30. The number of carboxylic acids is 1. The first kappa shape index (κ1) is 16.8. The van der Waals surface area contributed by atoms with E-state index in [1.165, 1.54) is 0 Å². The Labute approximate surface area is 119 Å². The van der Waals surface area contributed by atoms with Crippen molar-refractivity contribution >= 4 is 12.1 Å². The highest BCUT2D eigenvalue weighted by Gasteiger charge is 2.30. The van der Waals surface area contributed by atoms with E-state index in [2.05, 4.69) is 5.32 Å². The molecule has 116 valence electrons. The second-order valence-electron chi connectivity index (χ2n) is 6.38. The molecule has 0 aliphatic heterocycles. The van der Waals surface area contributed by atoms with Crippen LogP contribution in [-0.2, 0) is 9.53 Å². The minimum atomic E-state index is -1.16. The van der Waals surface area contributed by atoms with Crippen LogP contribution in [0.4, 0.5) is 4.79 Å². The van der Waals surface area contributed by atoms with E-state index in [0.29, 0.717) is 0 Å². The summed E-state index contributed by atoms with van der Waals surface area (Å²) in [6, 6.07) is -1.12. The average Bonchev–Trinajstić information content (AvgIpc) is 2.78. The maximum atomic E-state index is 11.6. The zero-order chi connectivity index (χ0) is 15.3. The number of carbonyl (C=O) groups excluding carboxylic acids is 1. The van der Waals surface area contributed by atoms with Gasteiger partial charge in [-0.05, 0) is 39.5 Å². The van der Waals surface area contributed by atoms with Crippen LogP contribution in [0.1, 0.15) is 52.9 Å². The van der Waals surface area contributed by atoms with Gasteiger partial charge < -0.3 is 20.3 Å². The van der Waals surface area contributed by atoms with Crippen molar-refractivity contribution in [1.82, 2.24) is 5.32 Å². The summed E-state index contributed by atoms with van der Waals surface area (Å²) in [5.41, 5.74) is -0.683. The van der Waals surface area contributed by atoms with Crippen LogP contribution in [0.3, 0.4) is 0 Å². The number of hydrogen-bond donors (Lipinski definition) is 3. The number of carboxylic acid groups (broad SMARTS) is 1. The van der Waals surface area contributed by atoms with E-state index in [0.717, 1.165) is 25.7 Å². The van der Waals surface area contributed by atoms with E-state index in [9.17, 15) is 14.7 Å². The fraction of sp³-hybridized carbons (Fsp3) is 0.857. The van der Waals surface area contributed by atoms with Crippen molar-refractivity contribution in [3.63, 3.8) is 0 Å². The van der Waals surface area contributed by atoms with Crippen molar-refractivity contribution in [2.75, 3.05) is 0 Å². The first-order chi connectivity index (χ1) is 9.19. The molecule has 20 heavy (non-hydrogen) atoms. The number of nitrogens with one attached hydrogen (secondary N) is 1. The van der Waals surface area contributed by atoms with Gasteiger partial charge >= 0.3 is 12.1 Å². The Bertz CT molecular complexity index is 344. The molecule has 1 unspecified atom stereocenters. The number of carbonyl (C=O) groups is 2. The van der Waals surface area contributed by atoms with E-state index in [1.54, 1.807) is 20.8 Å². The Morgan fingerprint density at radius 1 is 1.30 bits per heavy atom. The third kappa shape index (κ3) is 5.77. The molecule has 6 nitrogen and oxygen atoms in total. The molecule has 0 spiro atoms. The topological polar surface area (TPSA) is 95.9 Å². The molecule has 1 aliphatic carbocycles. The predicted octanol–water partition coefficient (Wildman–Crippen LogP) is 1.91.